The number of carbonyl (C=O) groups excluding carboxylic acids is 1. The Kier molecular flexibility index (Phi) is 6.00. The lowest BCUT2D eigenvalue weighted by Crippen LogP contribution is -2.07. The van der Waals surface area contributed by atoms with Gasteiger partial charge in [-0.3, -0.25) is 0 Å². The number of hydrogen-bond acceptors (Lipinski definition) is 4. The predicted octanol–water partition coefficient (Wildman–Crippen LogP) is 6.03. The molecule has 0 N–H and O–H groups in total. The van der Waals surface area contributed by atoms with Crippen LogP contribution in [0.15, 0.2) is 78.9 Å². The zero-order valence-corrected chi connectivity index (χ0v) is 17.3. The Labute approximate surface area is 183 Å². The van der Waals surface area contributed by atoms with Gasteiger partial charge in [-0.1, -0.05) is 54.1 Å². The smallest absolute Gasteiger partial charge is 0.339 e. The Morgan fingerprint density at radius 2 is 1.68 bits per heavy atom. The highest BCUT2D eigenvalue weighted by molar-refractivity contribution is 6.33. The molecule has 7 heteroatoms. The lowest BCUT2D eigenvalue weighted by molar-refractivity contribution is 0.0471. The van der Waals surface area contributed by atoms with E-state index in [0.29, 0.717) is 27.9 Å². The van der Waals surface area contributed by atoms with Gasteiger partial charge >= 0.3 is 5.97 Å². The topological polar surface area (TPSA) is 53.4 Å². The van der Waals surface area contributed by atoms with Gasteiger partial charge in [-0.2, -0.15) is 5.10 Å². The molecule has 3 aromatic carbocycles. The number of aromatic nitrogens is 2. The Balaban J connectivity index is 1.68. The van der Waals surface area contributed by atoms with Gasteiger partial charge in [0.05, 0.1) is 16.1 Å². The van der Waals surface area contributed by atoms with E-state index in [4.69, 9.17) is 21.1 Å². The second-order valence-corrected chi connectivity index (χ2v) is 7.14. The van der Waals surface area contributed by atoms with Crippen LogP contribution in [0.1, 0.15) is 15.9 Å². The molecule has 0 atom stereocenters. The van der Waals surface area contributed by atoms with E-state index in [2.05, 4.69) is 5.10 Å². The third kappa shape index (κ3) is 4.59. The lowest BCUT2D eigenvalue weighted by Gasteiger charge is -2.11. The van der Waals surface area contributed by atoms with Crippen molar-refractivity contribution >= 4 is 17.6 Å². The first-order valence-corrected chi connectivity index (χ1v) is 9.87. The van der Waals surface area contributed by atoms with Crippen molar-refractivity contribution in [1.29, 1.82) is 0 Å². The number of ether oxygens (including phenoxy) is 2. The third-order valence-corrected chi connectivity index (χ3v) is 4.93. The van der Waals surface area contributed by atoms with Gasteiger partial charge in [0.1, 0.15) is 23.9 Å². The maximum Gasteiger partial charge on any atom is 0.339 e. The Hall–Kier alpha value is -3.64. The molecule has 0 spiro atoms. The van der Waals surface area contributed by atoms with Crippen molar-refractivity contribution in [2.45, 2.75) is 6.61 Å². The Morgan fingerprint density at radius 3 is 2.39 bits per heavy atom. The molecule has 0 amide bonds. The van der Waals surface area contributed by atoms with E-state index in [1.54, 1.807) is 36.0 Å². The van der Waals surface area contributed by atoms with Crippen LogP contribution in [-0.2, 0) is 18.4 Å². The van der Waals surface area contributed by atoms with Gasteiger partial charge in [-0.25, -0.2) is 13.9 Å². The van der Waals surface area contributed by atoms with E-state index in [-0.39, 0.29) is 18.0 Å². The molecule has 1 heterocycles. The largest absolute Gasteiger partial charge is 0.457 e. The van der Waals surface area contributed by atoms with E-state index in [1.165, 1.54) is 24.3 Å². The highest BCUT2D eigenvalue weighted by Crippen LogP contribution is 2.34. The van der Waals surface area contributed by atoms with E-state index < -0.39 is 5.97 Å². The minimum Gasteiger partial charge on any atom is -0.457 e. The van der Waals surface area contributed by atoms with Gasteiger partial charge in [-0.15, -0.1) is 0 Å². The molecule has 1 aromatic heterocycles. The molecule has 0 aliphatic carbocycles. The minimum atomic E-state index is -0.554. The monoisotopic (exact) mass is 436 g/mol. The Bertz CT molecular complexity index is 1210. The lowest BCUT2D eigenvalue weighted by atomic mass is 10.1. The van der Waals surface area contributed by atoms with Gasteiger partial charge in [0.25, 0.3) is 0 Å². The second kappa shape index (κ2) is 9.02. The van der Waals surface area contributed by atoms with Crippen LogP contribution in [0.25, 0.3) is 11.3 Å². The summed E-state index contributed by atoms with van der Waals surface area (Å²) in [5.41, 5.74) is 2.32. The van der Waals surface area contributed by atoms with E-state index >= 15 is 0 Å². The van der Waals surface area contributed by atoms with Crippen LogP contribution < -0.4 is 4.74 Å². The molecule has 0 saturated heterocycles. The molecule has 31 heavy (non-hydrogen) atoms. The molecule has 0 aliphatic rings. The molecule has 0 aliphatic heterocycles. The molecule has 5 nitrogen and oxygen atoms in total. The Morgan fingerprint density at radius 1 is 1.00 bits per heavy atom. The van der Waals surface area contributed by atoms with E-state index in [1.807, 2.05) is 30.3 Å². The van der Waals surface area contributed by atoms with Gasteiger partial charge in [-0.05, 0) is 36.4 Å². The number of nitrogens with zero attached hydrogens (tertiary/aromatic N) is 2. The molecule has 0 fully saturated rings. The van der Waals surface area contributed by atoms with Crippen molar-refractivity contribution in [3.8, 4) is 22.9 Å². The van der Waals surface area contributed by atoms with Crippen molar-refractivity contribution in [2.75, 3.05) is 0 Å². The van der Waals surface area contributed by atoms with Crippen LogP contribution in [0.5, 0.6) is 11.6 Å². The maximum absolute atomic E-state index is 13.3. The van der Waals surface area contributed by atoms with E-state index in [0.717, 1.165) is 5.56 Å². The average Bonchev–Trinajstić information content (AvgIpc) is 3.09. The fraction of sp³-hybridized carbons (Fsp3) is 0.0833. The summed E-state index contributed by atoms with van der Waals surface area (Å²) >= 11 is 6.11. The fourth-order valence-electron chi connectivity index (χ4n) is 3.09. The summed E-state index contributed by atoms with van der Waals surface area (Å²) in [6.45, 7) is -0.0847. The van der Waals surface area contributed by atoms with Crippen molar-refractivity contribution in [3.05, 3.63) is 101 Å². The van der Waals surface area contributed by atoms with Crippen LogP contribution >= 0.6 is 11.6 Å². The molecule has 156 valence electrons. The van der Waals surface area contributed by atoms with Gasteiger partial charge in [0, 0.05) is 12.6 Å². The first kappa shape index (κ1) is 20.6. The highest BCUT2D eigenvalue weighted by Gasteiger charge is 2.22. The molecule has 0 unspecified atom stereocenters. The summed E-state index contributed by atoms with van der Waals surface area (Å²) < 4.78 is 26.4. The molecular weight excluding hydrogens is 419 g/mol. The normalized spacial score (nSPS) is 10.7. The quantitative estimate of drug-likeness (QED) is 0.346. The van der Waals surface area contributed by atoms with E-state index in [9.17, 15) is 9.18 Å². The predicted molar refractivity (Wildman–Crippen MR) is 116 cm³/mol. The number of hydrogen-bond donors (Lipinski definition) is 0. The number of halogens is 2. The summed E-state index contributed by atoms with van der Waals surface area (Å²) in [5.74, 6) is -0.0995. The van der Waals surface area contributed by atoms with Crippen molar-refractivity contribution < 1.29 is 18.7 Å². The third-order valence-electron chi connectivity index (χ3n) is 4.60. The van der Waals surface area contributed by atoms with Gasteiger partial charge < -0.3 is 9.47 Å². The van der Waals surface area contributed by atoms with Crippen molar-refractivity contribution in [3.63, 3.8) is 0 Å². The molecule has 0 saturated carbocycles. The van der Waals surface area contributed by atoms with Crippen molar-refractivity contribution in [2.24, 2.45) is 7.05 Å². The first-order chi connectivity index (χ1) is 15.0. The fourth-order valence-corrected chi connectivity index (χ4v) is 3.31. The van der Waals surface area contributed by atoms with Crippen molar-refractivity contribution in [1.82, 2.24) is 9.78 Å². The summed E-state index contributed by atoms with van der Waals surface area (Å²) in [6.07, 6.45) is 0. The number of carbonyl (C=O) groups is 1. The summed E-state index contributed by atoms with van der Waals surface area (Å²) in [6, 6.07) is 21.8. The number of esters is 1. The van der Waals surface area contributed by atoms with Crippen LogP contribution in [0.2, 0.25) is 5.02 Å². The molecule has 4 rings (SSSR count). The summed E-state index contributed by atoms with van der Waals surface area (Å²) in [5, 5.41) is 4.87. The minimum absolute atomic E-state index is 0.0847. The molecular formula is C24H18ClFN2O3. The van der Waals surface area contributed by atoms with Gasteiger partial charge in [0.15, 0.2) is 0 Å². The summed E-state index contributed by atoms with van der Waals surface area (Å²) in [4.78, 5) is 12.6. The van der Waals surface area contributed by atoms with Crippen LogP contribution in [0.4, 0.5) is 4.39 Å². The zero-order valence-electron chi connectivity index (χ0n) is 16.6. The zero-order chi connectivity index (χ0) is 21.8. The van der Waals surface area contributed by atoms with Crippen LogP contribution in [-0.4, -0.2) is 15.7 Å². The van der Waals surface area contributed by atoms with Crippen LogP contribution in [0, 0.1) is 5.82 Å². The summed E-state index contributed by atoms with van der Waals surface area (Å²) in [7, 11) is 1.73. The standard InChI is InChI=1S/C24H18ClFN2O3/c1-28-23(31-18-13-11-17(26)12-14-18)20(22(27-28)16-7-3-2-4-8-16)15-30-24(29)19-9-5-6-10-21(19)25/h2-14H,15H2,1H3. The molecule has 0 bridgehead atoms. The molecule has 4 aromatic rings. The maximum atomic E-state index is 13.3. The SMILES string of the molecule is Cn1nc(-c2ccccc2)c(COC(=O)c2ccccc2Cl)c1Oc1ccc(F)cc1. The number of aryl methyl sites for hydroxylation is 1. The number of rotatable bonds is 6. The highest BCUT2D eigenvalue weighted by atomic mass is 35.5. The first-order valence-electron chi connectivity index (χ1n) is 9.49. The second-order valence-electron chi connectivity index (χ2n) is 6.73. The van der Waals surface area contributed by atoms with Crippen LogP contribution in [0.3, 0.4) is 0 Å². The number of benzene rings is 3. The average molecular weight is 437 g/mol. The molecule has 0 radical (unpaired) electrons. The van der Waals surface area contributed by atoms with Gasteiger partial charge in [0.2, 0.25) is 5.88 Å².